The van der Waals surface area contributed by atoms with E-state index in [0.717, 1.165) is 11.1 Å². The van der Waals surface area contributed by atoms with Crippen molar-refractivity contribution in [1.29, 1.82) is 0 Å². The van der Waals surface area contributed by atoms with Crippen LogP contribution in [-0.4, -0.2) is 60.6 Å². The van der Waals surface area contributed by atoms with Gasteiger partial charge in [-0.2, -0.15) is 0 Å². The third-order valence-corrected chi connectivity index (χ3v) is 10.6. The van der Waals surface area contributed by atoms with Gasteiger partial charge in [0.2, 0.25) is 11.8 Å². The van der Waals surface area contributed by atoms with Gasteiger partial charge in [0, 0.05) is 26.6 Å². The molecule has 1 aliphatic rings. The second kappa shape index (κ2) is 16.6. The van der Waals surface area contributed by atoms with Crippen LogP contribution in [0.3, 0.4) is 0 Å². The van der Waals surface area contributed by atoms with Crippen LogP contribution in [0.4, 0.5) is 4.79 Å². The van der Waals surface area contributed by atoms with Crippen LogP contribution in [0.15, 0.2) is 60.7 Å². The van der Waals surface area contributed by atoms with Crippen molar-refractivity contribution in [3.63, 3.8) is 0 Å². The van der Waals surface area contributed by atoms with E-state index in [1.807, 2.05) is 88.4 Å². The number of hydrogen-bond donors (Lipinski definition) is 3. The van der Waals surface area contributed by atoms with Crippen molar-refractivity contribution in [2.75, 3.05) is 20.2 Å². The van der Waals surface area contributed by atoms with Crippen LogP contribution in [0, 0.1) is 11.8 Å². The normalized spacial score (nSPS) is 18.7. The molecule has 0 unspecified atom stereocenters. The van der Waals surface area contributed by atoms with Gasteiger partial charge in [-0.3, -0.25) is 14.2 Å². The molecule has 10 nitrogen and oxygen atoms in total. The number of alkyl carbamates (subject to hydrolysis) is 1. The Morgan fingerprint density at radius 3 is 2.19 bits per heavy atom. The Labute approximate surface area is 255 Å². The molecule has 0 radical (unpaired) electrons. The fourth-order valence-electron chi connectivity index (χ4n) is 5.11. The lowest BCUT2D eigenvalue weighted by molar-refractivity contribution is -0.132. The van der Waals surface area contributed by atoms with E-state index in [1.165, 1.54) is 7.11 Å². The molecular formula is C32H47N4O6P. The predicted molar refractivity (Wildman–Crippen MR) is 167 cm³/mol. The molecule has 11 heteroatoms. The Morgan fingerprint density at radius 2 is 1.60 bits per heavy atom. The zero-order chi connectivity index (χ0) is 31.4. The van der Waals surface area contributed by atoms with Gasteiger partial charge in [-0.25, -0.2) is 9.46 Å². The number of hydrogen-bond acceptors (Lipinski definition) is 6. The first-order chi connectivity index (χ1) is 20.6. The summed E-state index contributed by atoms with van der Waals surface area (Å²) >= 11 is 0. The van der Waals surface area contributed by atoms with Crippen LogP contribution >= 0.6 is 7.52 Å². The lowest BCUT2D eigenvalue weighted by atomic mass is 9.97. The molecule has 3 rings (SSSR count). The first-order valence-corrected chi connectivity index (χ1v) is 16.8. The van der Waals surface area contributed by atoms with E-state index >= 15 is 0 Å². The Morgan fingerprint density at radius 1 is 0.977 bits per heavy atom. The van der Waals surface area contributed by atoms with Gasteiger partial charge >= 0.3 is 6.09 Å². The van der Waals surface area contributed by atoms with Crippen molar-refractivity contribution in [2.45, 2.75) is 77.9 Å². The van der Waals surface area contributed by atoms with Gasteiger partial charge in [0.25, 0.3) is 7.52 Å². The summed E-state index contributed by atoms with van der Waals surface area (Å²) in [4.78, 5) is 39.8. The van der Waals surface area contributed by atoms with Gasteiger partial charge in [-0.1, -0.05) is 94.8 Å². The van der Waals surface area contributed by atoms with Gasteiger partial charge in [0.1, 0.15) is 18.4 Å². The van der Waals surface area contributed by atoms with Crippen molar-refractivity contribution in [2.24, 2.45) is 11.8 Å². The van der Waals surface area contributed by atoms with Crippen LogP contribution in [0.5, 0.6) is 0 Å². The molecule has 0 aromatic heterocycles. The van der Waals surface area contributed by atoms with E-state index in [0.29, 0.717) is 32.4 Å². The van der Waals surface area contributed by atoms with E-state index in [-0.39, 0.29) is 36.7 Å². The van der Waals surface area contributed by atoms with Gasteiger partial charge < -0.3 is 25.2 Å². The topological polar surface area (TPSA) is 126 Å². The van der Waals surface area contributed by atoms with E-state index in [1.54, 1.807) is 4.67 Å². The Bertz CT molecular complexity index is 1230. The molecule has 3 N–H and O–H groups in total. The lowest BCUT2D eigenvalue weighted by Crippen LogP contribution is -2.55. The largest absolute Gasteiger partial charge is 0.445 e. The number of rotatable bonds is 15. The average molecular weight is 615 g/mol. The second-order valence-corrected chi connectivity index (χ2v) is 14.1. The first-order valence-electron chi connectivity index (χ1n) is 15.1. The Hall–Kier alpha value is -3.20. The molecule has 1 saturated heterocycles. The molecule has 2 aromatic carbocycles. The molecule has 5 atom stereocenters. The fourth-order valence-corrected chi connectivity index (χ4v) is 7.68. The highest BCUT2D eigenvalue weighted by atomic mass is 31.2. The zero-order valence-corrected chi connectivity index (χ0v) is 26.8. The maximum Gasteiger partial charge on any atom is 0.408 e. The maximum atomic E-state index is 14.8. The lowest BCUT2D eigenvalue weighted by Gasteiger charge is -2.36. The van der Waals surface area contributed by atoms with Crippen LogP contribution in [0.1, 0.15) is 58.1 Å². The Balaban J connectivity index is 1.83. The molecule has 0 spiro atoms. The minimum absolute atomic E-state index is 0.0482. The molecule has 3 amide bonds. The van der Waals surface area contributed by atoms with Crippen molar-refractivity contribution >= 4 is 25.4 Å². The van der Waals surface area contributed by atoms with Crippen molar-refractivity contribution in [3.05, 3.63) is 71.8 Å². The molecule has 0 saturated carbocycles. The standard InChI is InChI=1S/C32H47N4O6P/c1-6-24(4)29(31(38)33-21-23(2)3)35-30(37)27-18-13-19-36(27)43(40,41-5)28(20-25-14-9-7-10-15-25)34-32(39)42-22-26-16-11-8-12-17-26/h7-12,14-17,23-24,27-29H,6,13,18-22H2,1-5H3,(H,33,38)(H,34,39)(H,35,37)/t24-,27-,28+,29-,43-/m0/s1. The Kier molecular flexibility index (Phi) is 13.2. The molecule has 1 heterocycles. The zero-order valence-electron chi connectivity index (χ0n) is 26.0. The highest BCUT2D eigenvalue weighted by Gasteiger charge is 2.48. The van der Waals surface area contributed by atoms with E-state index in [2.05, 4.69) is 16.0 Å². The summed E-state index contributed by atoms with van der Waals surface area (Å²) in [7, 11) is -2.51. The average Bonchev–Trinajstić information content (AvgIpc) is 3.52. The summed E-state index contributed by atoms with van der Waals surface area (Å²) in [5.41, 5.74) is 1.66. The third kappa shape index (κ3) is 9.65. The number of amides is 3. The number of carbonyl (C=O) groups is 3. The highest BCUT2D eigenvalue weighted by Crippen LogP contribution is 2.57. The molecule has 0 aliphatic carbocycles. The summed E-state index contributed by atoms with van der Waals surface area (Å²) in [5, 5.41) is 8.67. The molecule has 1 fully saturated rings. The van der Waals surface area contributed by atoms with Gasteiger partial charge in [0.05, 0.1) is 6.04 Å². The summed E-state index contributed by atoms with van der Waals surface area (Å²) in [6.07, 6.45) is 1.20. The van der Waals surface area contributed by atoms with Crippen molar-refractivity contribution < 1.29 is 28.2 Å². The monoisotopic (exact) mass is 614 g/mol. The predicted octanol–water partition coefficient (Wildman–Crippen LogP) is 5.09. The number of benzene rings is 2. The van der Waals surface area contributed by atoms with Gasteiger partial charge in [0.15, 0.2) is 0 Å². The molecule has 1 aliphatic heterocycles. The molecule has 0 bridgehead atoms. The summed E-state index contributed by atoms with van der Waals surface area (Å²) in [5.74, 6) is -1.45. The van der Waals surface area contributed by atoms with Crippen LogP contribution in [-0.2, 0) is 36.4 Å². The molecule has 43 heavy (non-hydrogen) atoms. The third-order valence-electron chi connectivity index (χ3n) is 7.79. The fraction of sp³-hybridized carbons (Fsp3) is 0.531. The summed E-state index contributed by atoms with van der Waals surface area (Å²) < 4.78 is 27.6. The highest BCUT2D eigenvalue weighted by molar-refractivity contribution is 7.57. The van der Waals surface area contributed by atoms with Crippen LogP contribution < -0.4 is 16.0 Å². The summed E-state index contributed by atoms with van der Waals surface area (Å²) in [6, 6.07) is 17.1. The SMILES string of the molecule is CC[C@H](C)[C@H](NC(=O)[C@@H]1CCCN1[P@@](=O)(OC)[C@H](Cc1ccccc1)NC(=O)OCc1ccccc1)C(=O)NCC(C)C. The molecule has 236 valence electrons. The second-order valence-electron chi connectivity index (χ2n) is 11.5. The van der Waals surface area contributed by atoms with Gasteiger partial charge in [-0.15, -0.1) is 0 Å². The first kappa shape index (κ1) is 34.3. The molecule has 2 aromatic rings. The van der Waals surface area contributed by atoms with E-state index in [4.69, 9.17) is 9.26 Å². The molecular weight excluding hydrogens is 567 g/mol. The van der Waals surface area contributed by atoms with Crippen LogP contribution in [0.25, 0.3) is 0 Å². The minimum atomic E-state index is -3.85. The summed E-state index contributed by atoms with van der Waals surface area (Å²) in [6.45, 7) is 8.80. The number of carbonyl (C=O) groups excluding carboxylic acids is 3. The van der Waals surface area contributed by atoms with E-state index < -0.39 is 31.5 Å². The quantitative estimate of drug-likeness (QED) is 0.239. The van der Waals surface area contributed by atoms with E-state index in [9.17, 15) is 18.9 Å². The number of nitrogens with zero attached hydrogens (tertiary/aromatic N) is 1. The number of nitrogens with one attached hydrogen (secondary N) is 3. The van der Waals surface area contributed by atoms with Crippen molar-refractivity contribution in [3.8, 4) is 0 Å². The number of ether oxygens (including phenoxy) is 1. The van der Waals surface area contributed by atoms with Crippen LogP contribution in [0.2, 0.25) is 0 Å². The maximum absolute atomic E-state index is 14.8. The smallest absolute Gasteiger partial charge is 0.408 e. The van der Waals surface area contributed by atoms with Crippen molar-refractivity contribution in [1.82, 2.24) is 20.6 Å². The van der Waals surface area contributed by atoms with Gasteiger partial charge in [-0.05, 0) is 35.8 Å². The minimum Gasteiger partial charge on any atom is -0.445 e.